The van der Waals surface area contributed by atoms with Gasteiger partial charge in [0, 0.05) is 30.7 Å². The predicted octanol–water partition coefficient (Wildman–Crippen LogP) is 2.33. The van der Waals surface area contributed by atoms with Crippen molar-refractivity contribution < 1.29 is 4.39 Å². The number of halogens is 2. The Morgan fingerprint density at radius 2 is 2.07 bits per heavy atom. The van der Waals surface area contributed by atoms with Gasteiger partial charge in [0.05, 0.1) is 5.69 Å². The van der Waals surface area contributed by atoms with E-state index in [1.54, 1.807) is 0 Å². The molecule has 1 aliphatic rings. The van der Waals surface area contributed by atoms with Gasteiger partial charge in [0.1, 0.15) is 6.67 Å². The van der Waals surface area contributed by atoms with Gasteiger partial charge in [0.15, 0.2) is 0 Å². The molecule has 0 amide bonds. The van der Waals surface area contributed by atoms with Crippen LogP contribution in [0, 0.1) is 0 Å². The maximum Gasteiger partial charge on any atom is 0.115 e. The van der Waals surface area contributed by atoms with Gasteiger partial charge in [-0.3, -0.25) is 0 Å². The minimum absolute atomic E-state index is 0.402. The third kappa shape index (κ3) is 2.49. The quantitative estimate of drug-likeness (QED) is 0.889. The molecule has 0 atom stereocenters. The summed E-state index contributed by atoms with van der Waals surface area (Å²) in [7, 11) is 0. The smallest absolute Gasteiger partial charge is 0.115 e. The Morgan fingerprint density at radius 1 is 1.33 bits per heavy atom. The van der Waals surface area contributed by atoms with Crippen molar-refractivity contribution in [3.8, 4) is 0 Å². The fraction of sp³-hybridized carbons (Fsp3) is 0.455. The summed E-state index contributed by atoms with van der Waals surface area (Å²) in [4.78, 5) is 2.31. The molecule has 0 saturated carbocycles. The van der Waals surface area contributed by atoms with Crippen molar-refractivity contribution in [1.29, 1.82) is 0 Å². The zero-order chi connectivity index (χ0) is 10.7. The van der Waals surface area contributed by atoms with Gasteiger partial charge >= 0.3 is 0 Å². The number of benzene rings is 1. The fourth-order valence-corrected chi connectivity index (χ4v) is 2.47. The highest BCUT2D eigenvalue weighted by Gasteiger charge is 2.13. The lowest BCUT2D eigenvalue weighted by Crippen LogP contribution is -2.43. The van der Waals surface area contributed by atoms with Gasteiger partial charge in [-0.1, -0.05) is 6.07 Å². The number of anilines is 1. The van der Waals surface area contributed by atoms with Crippen molar-refractivity contribution in [3.63, 3.8) is 0 Å². The molecular weight excluding hydrogens is 259 g/mol. The summed E-state index contributed by atoms with van der Waals surface area (Å²) in [6, 6.07) is 5.70. The Morgan fingerprint density at radius 3 is 2.67 bits per heavy atom. The molecule has 1 aromatic rings. The molecule has 1 aliphatic heterocycles. The fourth-order valence-electron chi connectivity index (χ4n) is 1.80. The Kier molecular flexibility index (Phi) is 3.59. The Labute approximate surface area is 97.6 Å². The van der Waals surface area contributed by atoms with E-state index < -0.39 is 6.67 Å². The topological polar surface area (TPSA) is 15.3 Å². The molecule has 4 heteroatoms. The monoisotopic (exact) mass is 272 g/mol. The summed E-state index contributed by atoms with van der Waals surface area (Å²) in [6.45, 7) is 3.64. The van der Waals surface area contributed by atoms with E-state index in [2.05, 4.69) is 26.1 Å². The van der Waals surface area contributed by atoms with E-state index in [0.29, 0.717) is 0 Å². The Hall–Kier alpha value is -0.610. The lowest BCUT2D eigenvalue weighted by Gasteiger charge is -2.30. The number of nitrogens with zero attached hydrogens (tertiary/aromatic N) is 1. The molecule has 1 aromatic carbocycles. The molecule has 2 nitrogen and oxygen atoms in total. The number of piperazine rings is 1. The van der Waals surface area contributed by atoms with E-state index in [1.165, 1.54) is 0 Å². The first-order chi connectivity index (χ1) is 7.31. The molecular formula is C11H14BrFN2. The van der Waals surface area contributed by atoms with Crippen LogP contribution in [0.2, 0.25) is 0 Å². The van der Waals surface area contributed by atoms with Crippen LogP contribution in [-0.2, 0) is 6.67 Å². The summed E-state index contributed by atoms with van der Waals surface area (Å²) in [5.41, 5.74) is 1.88. The second kappa shape index (κ2) is 4.94. The van der Waals surface area contributed by atoms with Crippen LogP contribution in [0.25, 0.3) is 0 Å². The van der Waals surface area contributed by atoms with E-state index in [9.17, 15) is 4.39 Å². The van der Waals surface area contributed by atoms with E-state index >= 15 is 0 Å². The Bertz CT molecular complexity index is 337. The molecule has 0 aliphatic carbocycles. The maximum atomic E-state index is 12.4. The van der Waals surface area contributed by atoms with Gasteiger partial charge < -0.3 is 10.2 Å². The number of rotatable bonds is 2. The van der Waals surface area contributed by atoms with E-state index in [1.807, 2.05) is 18.2 Å². The largest absolute Gasteiger partial charge is 0.368 e. The van der Waals surface area contributed by atoms with Crippen LogP contribution in [0.1, 0.15) is 5.56 Å². The number of hydrogen-bond donors (Lipinski definition) is 1. The lowest BCUT2D eigenvalue weighted by molar-refractivity contribution is 0.485. The highest BCUT2D eigenvalue weighted by Crippen LogP contribution is 2.27. The third-order valence-electron chi connectivity index (χ3n) is 2.62. The molecule has 82 valence electrons. The zero-order valence-electron chi connectivity index (χ0n) is 8.47. The van der Waals surface area contributed by atoms with Gasteiger partial charge in [-0.25, -0.2) is 4.39 Å². The van der Waals surface area contributed by atoms with Crippen molar-refractivity contribution in [1.82, 2.24) is 5.32 Å². The first-order valence-electron chi connectivity index (χ1n) is 5.11. The van der Waals surface area contributed by atoms with Crippen molar-refractivity contribution in [2.45, 2.75) is 6.67 Å². The predicted molar refractivity (Wildman–Crippen MR) is 64.0 cm³/mol. The first kappa shape index (κ1) is 10.9. The van der Waals surface area contributed by atoms with Gasteiger partial charge in [-0.05, 0) is 33.6 Å². The lowest BCUT2D eigenvalue weighted by atomic mass is 10.2. The van der Waals surface area contributed by atoms with Crippen LogP contribution in [-0.4, -0.2) is 26.2 Å². The molecule has 1 heterocycles. The van der Waals surface area contributed by atoms with Crippen molar-refractivity contribution in [3.05, 3.63) is 28.2 Å². The molecule has 1 N–H and O–H groups in total. The molecule has 1 fully saturated rings. The van der Waals surface area contributed by atoms with Crippen molar-refractivity contribution in [2.75, 3.05) is 31.1 Å². The second-order valence-corrected chi connectivity index (χ2v) is 4.51. The van der Waals surface area contributed by atoms with Gasteiger partial charge in [-0.2, -0.15) is 0 Å². The van der Waals surface area contributed by atoms with E-state index in [4.69, 9.17) is 0 Å². The van der Waals surface area contributed by atoms with Crippen LogP contribution < -0.4 is 10.2 Å². The van der Waals surface area contributed by atoms with Gasteiger partial charge in [0.25, 0.3) is 0 Å². The van der Waals surface area contributed by atoms with Crippen LogP contribution in [0.5, 0.6) is 0 Å². The zero-order valence-corrected chi connectivity index (χ0v) is 10.1. The summed E-state index contributed by atoms with van der Waals surface area (Å²) in [5, 5.41) is 3.31. The van der Waals surface area contributed by atoms with Gasteiger partial charge in [-0.15, -0.1) is 0 Å². The molecule has 0 radical (unpaired) electrons. The summed E-state index contributed by atoms with van der Waals surface area (Å²) >= 11 is 3.49. The maximum absolute atomic E-state index is 12.4. The summed E-state index contributed by atoms with van der Waals surface area (Å²) in [6.07, 6.45) is 0. The SMILES string of the molecule is FCc1ccc(N2CCNCC2)c(Br)c1. The minimum atomic E-state index is -0.402. The number of nitrogens with one attached hydrogen (secondary N) is 1. The molecule has 15 heavy (non-hydrogen) atoms. The number of hydrogen-bond acceptors (Lipinski definition) is 2. The minimum Gasteiger partial charge on any atom is -0.368 e. The number of alkyl halides is 1. The molecule has 1 saturated heterocycles. The molecule has 0 bridgehead atoms. The normalized spacial score (nSPS) is 16.8. The Balaban J connectivity index is 2.19. The van der Waals surface area contributed by atoms with Crippen LogP contribution in [0.3, 0.4) is 0 Å². The van der Waals surface area contributed by atoms with E-state index in [-0.39, 0.29) is 0 Å². The summed E-state index contributed by atoms with van der Waals surface area (Å²) in [5.74, 6) is 0. The molecule has 0 spiro atoms. The van der Waals surface area contributed by atoms with Crippen LogP contribution in [0.4, 0.5) is 10.1 Å². The average molecular weight is 273 g/mol. The molecule has 0 aromatic heterocycles. The van der Waals surface area contributed by atoms with Gasteiger partial charge in [0.2, 0.25) is 0 Å². The highest BCUT2D eigenvalue weighted by atomic mass is 79.9. The molecule has 0 unspecified atom stereocenters. The first-order valence-corrected chi connectivity index (χ1v) is 5.90. The molecule has 2 rings (SSSR count). The van der Waals surface area contributed by atoms with Crippen LogP contribution >= 0.6 is 15.9 Å². The van der Waals surface area contributed by atoms with Crippen LogP contribution in [0.15, 0.2) is 22.7 Å². The van der Waals surface area contributed by atoms with E-state index in [0.717, 1.165) is 41.9 Å². The average Bonchev–Trinajstić information content (AvgIpc) is 2.30. The summed E-state index contributed by atoms with van der Waals surface area (Å²) < 4.78 is 13.4. The van der Waals surface area contributed by atoms with Crippen molar-refractivity contribution >= 4 is 21.6 Å². The standard InChI is InChI=1S/C11H14BrFN2/c12-10-7-9(8-13)1-2-11(10)15-5-3-14-4-6-15/h1-2,7,14H,3-6,8H2. The highest BCUT2D eigenvalue weighted by molar-refractivity contribution is 9.10. The second-order valence-electron chi connectivity index (χ2n) is 3.66. The third-order valence-corrected chi connectivity index (χ3v) is 3.26. The van der Waals surface area contributed by atoms with Crippen molar-refractivity contribution in [2.24, 2.45) is 0 Å².